The van der Waals surface area contributed by atoms with Crippen LogP contribution in [0.15, 0.2) is 0 Å². The minimum Gasteiger partial charge on any atom is -0.469 e. The lowest BCUT2D eigenvalue weighted by atomic mass is 10.1. The van der Waals surface area contributed by atoms with Crippen LogP contribution in [0.2, 0.25) is 0 Å². The number of hydrogen-bond acceptors (Lipinski definition) is 2. The molecule has 0 saturated heterocycles. The van der Waals surface area contributed by atoms with Crippen molar-refractivity contribution >= 4 is 5.97 Å². The van der Waals surface area contributed by atoms with Gasteiger partial charge < -0.3 is 4.74 Å². The van der Waals surface area contributed by atoms with Crippen LogP contribution in [0.5, 0.6) is 0 Å². The highest BCUT2D eigenvalue weighted by atomic mass is 16.5. The average molecular weight is 210 g/mol. The molecular formula is C13H22O2. The molecule has 15 heavy (non-hydrogen) atoms. The molecule has 0 saturated carbocycles. The number of rotatable bonds is 7. The molecule has 0 amide bonds. The largest absolute Gasteiger partial charge is 0.469 e. The van der Waals surface area contributed by atoms with E-state index >= 15 is 0 Å². The first-order valence-electron chi connectivity index (χ1n) is 5.83. The molecule has 0 aromatic rings. The quantitative estimate of drug-likeness (QED) is 0.366. The molecule has 0 rings (SSSR count). The van der Waals surface area contributed by atoms with Crippen LogP contribution in [0.1, 0.15) is 58.3 Å². The first kappa shape index (κ1) is 14.0. The van der Waals surface area contributed by atoms with E-state index in [2.05, 4.69) is 23.5 Å². The third kappa shape index (κ3) is 11.0. The standard InChI is InChI=1S/C13H22O2/c1-3-4-5-6-7-8-9-10-11-12-13(14)15-2/h3-7,10-12H2,1-2H3. The fraction of sp³-hybridized carbons (Fsp3) is 0.769. The van der Waals surface area contributed by atoms with Crippen LogP contribution in [0.4, 0.5) is 0 Å². The maximum Gasteiger partial charge on any atom is 0.305 e. The van der Waals surface area contributed by atoms with Crippen LogP contribution in [0.3, 0.4) is 0 Å². The number of unbranched alkanes of at least 4 members (excludes halogenated alkanes) is 5. The van der Waals surface area contributed by atoms with Crippen LogP contribution in [-0.4, -0.2) is 13.1 Å². The Kier molecular flexibility index (Phi) is 10.4. The molecule has 0 unspecified atom stereocenters. The Morgan fingerprint density at radius 2 is 1.73 bits per heavy atom. The Labute approximate surface area is 93.4 Å². The van der Waals surface area contributed by atoms with Gasteiger partial charge in [0.05, 0.1) is 7.11 Å². The molecule has 2 heteroatoms. The molecule has 0 aliphatic heterocycles. The highest BCUT2D eigenvalue weighted by Crippen LogP contribution is 2.01. The third-order valence-corrected chi connectivity index (χ3v) is 2.19. The van der Waals surface area contributed by atoms with Crippen molar-refractivity contribution in [2.45, 2.75) is 58.3 Å². The summed E-state index contributed by atoms with van der Waals surface area (Å²) in [6.45, 7) is 2.21. The number of esters is 1. The highest BCUT2D eigenvalue weighted by Gasteiger charge is 1.96. The predicted molar refractivity (Wildman–Crippen MR) is 62.4 cm³/mol. The minimum absolute atomic E-state index is 0.139. The van der Waals surface area contributed by atoms with Gasteiger partial charge in [-0.2, -0.15) is 0 Å². The monoisotopic (exact) mass is 210 g/mol. The lowest BCUT2D eigenvalue weighted by Crippen LogP contribution is -1.98. The first-order chi connectivity index (χ1) is 7.31. The Morgan fingerprint density at radius 1 is 1.07 bits per heavy atom. The van der Waals surface area contributed by atoms with Gasteiger partial charge in [-0.1, -0.05) is 26.2 Å². The van der Waals surface area contributed by atoms with Gasteiger partial charge >= 0.3 is 5.97 Å². The van der Waals surface area contributed by atoms with E-state index in [-0.39, 0.29) is 5.97 Å². The lowest BCUT2D eigenvalue weighted by molar-refractivity contribution is -0.140. The van der Waals surface area contributed by atoms with Gasteiger partial charge in [-0.25, -0.2) is 0 Å². The van der Waals surface area contributed by atoms with Crippen molar-refractivity contribution in [1.29, 1.82) is 0 Å². The summed E-state index contributed by atoms with van der Waals surface area (Å²) in [5.74, 6) is 6.08. The summed E-state index contributed by atoms with van der Waals surface area (Å²) in [5, 5.41) is 0. The lowest BCUT2D eigenvalue weighted by Gasteiger charge is -1.94. The number of methoxy groups -OCH3 is 1. The van der Waals surface area contributed by atoms with Gasteiger partial charge in [0.2, 0.25) is 0 Å². The van der Waals surface area contributed by atoms with Gasteiger partial charge in [0, 0.05) is 19.3 Å². The summed E-state index contributed by atoms with van der Waals surface area (Å²) in [6.07, 6.45) is 8.18. The summed E-state index contributed by atoms with van der Waals surface area (Å²) in [5.41, 5.74) is 0. The molecule has 86 valence electrons. The molecule has 0 aliphatic carbocycles. The van der Waals surface area contributed by atoms with Crippen molar-refractivity contribution in [1.82, 2.24) is 0 Å². The molecule has 0 spiro atoms. The molecule has 0 aromatic carbocycles. The molecule has 0 N–H and O–H groups in total. The van der Waals surface area contributed by atoms with Gasteiger partial charge in [-0.3, -0.25) is 4.79 Å². The zero-order valence-corrected chi connectivity index (χ0v) is 9.97. The second kappa shape index (κ2) is 11.1. The number of ether oxygens (including phenoxy) is 1. The molecule has 0 radical (unpaired) electrons. The fourth-order valence-corrected chi connectivity index (χ4v) is 1.24. The van der Waals surface area contributed by atoms with Crippen molar-refractivity contribution in [3.05, 3.63) is 0 Å². The Bertz CT molecular complexity index is 210. The average Bonchev–Trinajstić information content (AvgIpc) is 2.26. The summed E-state index contributed by atoms with van der Waals surface area (Å²) >= 11 is 0. The molecule has 0 heterocycles. The molecule has 2 nitrogen and oxygen atoms in total. The summed E-state index contributed by atoms with van der Waals surface area (Å²) in [7, 11) is 1.42. The maximum atomic E-state index is 10.7. The Morgan fingerprint density at radius 3 is 2.33 bits per heavy atom. The number of carbonyl (C=O) groups is 1. The molecule has 0 bridgehead atoms. The van der Waals surface area contributed by atoms with E-state index in [1.807, 2.05) is 0 Å². The van der Waals surface area contributed by atoms with E-state index in [4.69, 9.17) is 0 Å². The summed E-state index contributed by atoms with van der Waals surface area (Å²) in [4.78, 5) is 10.7. The zero-order chi connectivity index (χ0) is 11.4. The maximum absolute atomic E-state index is 10.7. The Balaban J connectivity index is 3.20. The van der Waals surface area contributed by atoms with Crippen LogP contribution in [-0.2, 0) is 9.53 Å². The summed E-state index contributed by atoms with van der Waals surface area (Å²) < 4.78 is 4.54. The van der Waals surface area contributed by atoms with Crippen molar-refractivity contribution in [3.63, 3.8) is 0 Å². The van der Waals surface area contributed by atoms with Crippen LogP contribution in [0.25, 0.3) is 0 Å². The van der Waals surface area contributed by atoms with E-state index in [1.54, 1.807) is 0 Å². The van der Waals surface area contributed by atoms with E-state index < -0.39 is 0 Å². The van der Waals surface area contributed by atoms with E-state index in [1.165, 1.54) is 32.8 Å². The van der Waals surface area contributed by atoms with Gasteiger partial charge in [-0.05, 0) is 12.8 Å². The topological polar surface area (TPSA) is 26.3 Å². The van der Waals surface area contributed by atoms with Crippen LogP contribution < -0.4 is 0 Å². The minimum atomic E-state index is -0.139. The second-order valence-corrected chi connectivity index (χ2v) is 3.59. The molecule has 0 fully saturated rings. The predicted octanol–water partition coefficient (Wildman–Crippen LogP) is 3.30. The van der Waals surface area contributed by atoms with E-state index in [0.717, 1.165) is 19.3 Å². The van der Waals surface area contributed by atoms with Crippen LogP contribution in [0, 0.1) is 11.8 Å². The van der Waals surface area contributed by atoms with Gasteiger partial charge in [0.1, 0.15) is 0 Å². The summed E-state index contributed by atoms with van der Waals surface area (Å²) in [6, 6.07) is 0. The number of carbonyl (C=O) groups excluding carboxylic acids is 1. The SMILES string of the molecule is CCCCCCC#CCCCC(=O)OC. The molecule has 0 aromatic heterocycles. The van der Waals surface area contributed by atoms with Gasteiger partial charge in [0.15, 0.2) is 0 Å². The van der Waals surface area contributed by atoms with Gasteiger partial charge in [0.25, 0.3) is 0 Å². The molecule has 0 aliphatic rings. The first-order valence-corrected chi connectivity index (χ1v) is 5.83. The smallest absolute Gasteiger partial charge is 0.305 e. The van der Waals surface area contributed by atoms with Crippen molar-refractivity contribution in [3.8, 4) is 11.8 Å². The highest BCUT2D eigenvalue weighted by molar-refractivity contribution is 5.69. The van der Waals surface area contributed by atoms with Crippen molar-refractivity contribution in [2.24, 2.45) is 0 Å². The normalized spacial score (nSPS) is 9.20. The molecular weight excluding hydrogens is 188 g/mol. The van der Waals surface area contributed by atoms with E-state index in [9.17, 15) is 4.79 Å². The fourth-order valence-electron chi connectivity index (χ4n) is 1.24. The van der Waals surface area contributed by atoms with Crippen molar-refractivity contribution in [2.75, 3.05) is 7.11 Å². The van der Waals surface area contributed by atoms with Crippen LogP contribution >= 0.6 is 0 Å². The van der Waals surface area contributed by atoms with E-state index in [0.29, 0.717) is 6.42 Å². The Hall–Kier alpha value is -0.970. The zero-order valence-electron chi connectivity index (χ0n) is 9.97. The second-order valence-electron chi connectivity index (χ2n) is 3.59. The van der Waals surface area contributed by atoms with Crippen molar-refractivity contribution < 1.29 is 9.53 Å². The van der Waals surface area contributed by atoms with Gasteiger partial charge in [-0.15, -0.1) is 11.8 Å². The third-order valence-electron chi connectivity index (χ3n) is 2.19. The molecule has 0 atom stereocenters. The number of hydrogen-bond donors (Lipinski definition) is 0.